The molecule has 2 aromatic rings. The first-order valence-corrected chi connectivity index (χ1v) is 7.06. The molecule has 0 saturated heterocycles. The van der Waals surface area contributed by atoms with Crippen molar-refractivity contribution in [3.05, 3.63) is 53.9 Å². The molecule has 6 heteroatoms. The maximum absolute atomic E-state index is 13.6. The predicted molar refractivity (Wildman–Crippen MR) is 81.1 cm³/mol. The summed E-state index contributed by atoms with van der Waals surface area (Å²) in [6.07, 6.45) is 3.34. The first-order valence-electron chi connectivity index (χ1n) is 7.06. The van der Waals surface area contributed by atoms with Crippen LogP contribution in [0.25, 0.3) is 0 Å². The third-order valence-electron chi connectivity index (χ3n) is 3.02. The normalized spacial score (nSPS) is 10.3. The van der Waals surface area contributed by atoms with E-state index in [1.807, 2.05) is 6.92 Å². The van der Waals surface area contributed by atoms with Gasteiger partial charge in [-0.2, -0.15) is 0 Å². The van der Waals surface area contributed by atoms with Crippen molar-refractivity contribution in [2.45, 2.75) is 19.8 Å². The molecule has 1 aromatic carbocycles. The van der Waals surface area contributed by atoms with E-state index >= 15 is 0 Å². The number of hydrogen-bond donors (Lipinski definition) is 2. The fraction of sp³-hybridized carbons (Fsp3) is 0.250. The molecule has 2 rings (SSSR count). The van der Waals surface area contributed by atoms with Crippen LogP contribution in [-0.2, 0) is 0 Å². The van der Waals surface area contributed by atoms with E-state index in [1.54, 1.807) is 6.07 Å². The summed E-state index contributed by atoms with van der Waals surface area (Å²) in [5.41, 5.74) is 0.870. The van der Waals surface area contributed by atoms with E-state index in [4.69, 9.17) is 0 Å². The summed E-state index contributed by atoms with van der Waals surface area (Å²) in [5, 5.41) is 5.56. The molecule has 1 amide bonds. The number of carbonyl (C=O) groups is 1. The van der Waals surface area contributed by atoms with Crippen LogP contribution in [0.3, 0.4) is 0 Å². The van der Waals surface area contributed by atoms with Crippen molar-refractivity contribution in [2.75, 3.05) is 11.9 Å². The predicted octanol–water partition coefficient (Wildman–Crippen LogP) is 3.63. The van der Waals surface area contributed by atoms with Gasteiger partial charge in [-0.1, -0.05) is 13.3 Å². The van der Waals surface area contributed by atoms with Gasteiger partial charge in [-0.25, -0.2) is 8.78 Å². The number of unbranched alkanes of at least 4 members (excludes halogenated alkanes) is 1. The number of halogens is 2. The Labute approximate surface area is 127 Å². The number of pyridine rings is 1. The zero-order chi connectivity index (χ0) is 15.9. The Morgan fingerprint density at radius 1 is 1.23 bits per heavy atom. The number of benzene rings is 1. The summed E-state index contributed by atoms with van der Waals surface area (Å²) in [6.45, 7) is 2.62. The second-order valence-electron chi connectivity index (χ2n) is 4.79. The largest absolute Gasteiger partial charge is 0.353 e. The highest BCUT2D eigenvalue weighted by Crippen LogP contribution is 2.20. The van der Waals surface area contributed by atoms with Gasteiger partial charge >= 0.3 is 0 Å². The van der Waals surface area contributed by atoms with Crippen LogP contribution in [0.2, 0.25) is 0 Å². The van der Waals surface area contributed by atoms with Gasteiger partial charge < -0.3 is 10.6 Å². The quantitative estimate of drug-likeness (QED) is 0.801. The molecule has 0 bridgehead atoms. The minimum atomic E-state index is -0.703. The number of rotatable bonds is 6. The second kappa shape index (κ2) is 7.49. The fourth-order valence-electron chi connectivity index (χ4n) is 1.85. The number of nitrogens with one attached hydrogen (secondary N) is 2. The molecule has 0 unspecified atom stereocenters. The molecule has 1 aromatic heterocycles. The summed E-state index contributed by atoms with van der Waals surface area (Å²) < 4.78 is 26.5. The van der Waals surface area contributed by atoms with Crippen LogP contribution in [-0.4, -0.2) is 17.4 Å². The lowest BCUT2D eigenvalue weighted by molar-refractivity contribution is 0.0948. The van der Waals surface area contributed by atoms with E-state index < -0.39 is 11.6 Å². The van der Waals surface area contributed by atoms with Crippen molar-refractivity contribution in [2.24, 2.45) is 0 Å². The lowest BCUT2D eigenvalue weighted by Crippen LogP contribution is -2.25. The van der Waals surface area contributed by atoms with Crippen molar-refractivity contribution in [3.63, 3.8) is 0 Å². The summed E-state index contributed by atoms with van der Waals surface area (Å²) >= 11 is 0. The molecular formula is C16H17F2N3O. The van der Waals surface area contributed by atoms with Gasteiger partial charge in [0.25, 0.3) is 5.91 Å². The van der Waals surface area contributed by atoms with Crippen LogP contribution in [0, 0.1) is 11.6 Å². The third-order valence-corrected chi connectivity index (χ3v) is 3.02. The minimum absolute atomic E-state index is 0.130. The molecule has 0 spiro atoms. The topological polar surface area (TPSA) is 54.0 Å². The van der Waals surface area contributed by atoms with Crippen LogP contribution >= 0.6 is 0 Å². The highest BCUT2D eigenvalue weighted by molar-refractivity contribution is 5.93. The Morgan fingerprint density at radius 3 is 2.77 bits per heavy atom. The molecule has 0 fully saturated rings. The molecular weight excluding hydrogens is 288 g/mol. The Hall–Kier alpha value is -2.50. The number of aromatic nitrogens is 1. The Morgan fingerprint density at radius 2 is 2.05 bits per heavy atom. The number of anilines is 2. The number of hydrogen-bond acceptors (Lipinski definition) is 3. The average molecular weight is 305 g/mol. The number of amides is 1. The minimum Gasteiger partial charge on any atom is -0.353 e. The summed E-state index contributed by atoms with van der Waals surface area (Å²) in [7, 11) is 0. The van der Waals surface area contributed by atoms with E-state index in [0.29, 0.717) is 12.2 Å². The van der Waals surface area contributed by atoms with E-state index in [0.717, 1.165) is 25.0 Å². The van der Waals surface area contributed by atoms with E-state index in [9.17, 15) is 13.6 Å². The molecule has 0 aliphatic heterocycles. The molecule has 116 valence electrons. The van der Waals surface area contributed by atoms with E-state index in [1.165, 1.54) is 18.3 Å². The SMILES string of the molecule is CCCCNC(=O)c1cc(Nc2ccc(F)cc2F)ccn1. The molecule has 22 heavy (non-hydrogen) atoms. The zero-order valence-electron chi connectivity index (χ0n) is 12.2. The monoisotopic (exact) mass is 305 g/mol. The van der Waals surface area contributed by atoms with Crippen LogP contribution in [0.15, 0.2) is 36.5 Å². The number of carbonyl (C=O) groups excluding carboxylic acids is 1. The molecule has 0 aliphatic carbocycles. The van der Waals surface area contributed by atoms with Crippen LogP contribution in [0.5, 0.6) is 0 Å². The summed E-state index contributed by atoms with van der Waals surface area (Å²) in [4.78, 5) is 15.9. The Balaban J connectivity index is 2.09. The summed E-state index contributed by atoms with van der Waals surface area (Å²) in [6, 6.07) is 6.37. The van der Waals surface area contributed by atoms with Gasteiger partial charge in [-0.05, 0) is 30.7 Å². The maximum Gasteiger partial charge on any atom is 0.269 e. The number of nitrogens with zero attached hydrogens (tertiary/aromatic N) is 1. The van der Waals surface area contributed by atoms with E-state index in [-0.39, 0.29) is 17.3 Å². The van der Waals surface area contributed by atoms with Crippen LogP contribution in [0.1, 0.15) is 30.3 Å². The second-order valence-corrected chi connectivity index (χ2v) is 4.79. The molecule has 4 nitrogen and oxygen atoms in total. The van der Waals surface area contributed by atoms with Gasteiger partial charge in [0, 0.05) is 24.5 Å². The van der Waals surface area contributed by atoms with Gasteiger partial charge in [0.1, 0.15) is 17.3 Å². The molecule has 0 saturated carbocycles. The molecule has 0 aliphatic rings. The highest BCUT2D eigenvalue weighted by atomic mass is 19.1. The van der Waals surface area contributed by atoms with Gasteiger partial charge in [0.05, 0.1) is 5.69 Å². The zero-order valence-corrected chi connectivity index (χ0v) is 12.2. The highest BCUT2D eigenvalue weighted by Gasteiger charge is 2.09. The van der Waals surface area contributed by atoms with Crippen molar-refractivity contribution < 1.29 is 13.6 Å². The van der Waals surface area contributed by atoms with Crippen LogP contribution in [0.4, 0.5) is 20.2 Å². The van der Waals surface area contributed by atoms with Gasteiger partial charge in [0.15, 0.2) is 0 Å². The Bertz CT molecular complexity index is 662. The van der Waals surface area contributed by atoms with Gasteiger partial charge in [-0.3, -0.25) is 9.78 Å². The maximum atomic E-state index is 13.6. The van der Waals surface area contributed by atoms with Crippen molar-refractivity contribution in [3.8, 4) is 0 Å². The van der Waals surface area contributed by atoms with E-state index in [2.05, 4.69) is 15.6 Å². The lowest BCUT2D eigenvalue weighted by atomic mass is 10.2. The molecule has 0 atom stereocenters. The third kappa shape index (κ3) is 4.25. The average Bonchev–Trinajstić information content (AvgIpc) is 2.50. The molecule has 1 heterocycles. The summed E-state index contributed by atoms with van der Waals surface area (Å²) in [5.74, 6) is -1.63. The van der Waals surface area contributed by atoms with Crippen LogP contribution < -0.4 is 10.6 Å². The lowest BCUT2D eigenvalue weighted by Gasteiger charge is -2.09. The smallest absolute Gasteiger partial charge is 0.269 e. The first kappa shape index (κ1) is 15.9. The molecule has 2 N–H and O–H groups in total. The van der Waals surface area contributed by atoms with Crippen molar-refractivity contribution in [1.82, 2.24) is 10.3 Å². The first-order chi connectivity index (χ1) is 10.6. The van der Waals surface area contributed by atoms with Gasteiger partial charge in [-0.15, -0.1) is 0 Å². The fourth-order valence-corrected chi connectivity index (χ4v) is 1.85. The molecule has 0 radical (unpaired) electrons. The van der Waals surface area contributed by atoms with Crippen molar-refractivity contribution in [1.29, 1.82) is 0 Å². The van der Waals surface area contributed by atoms with Gasteiger partial charge in [0.2, 0.25) is 0 Å². The van der Waals surface area contributed by atoms with Crippen molar-refractivity contribution >= 4 is 17.3 Å². The Kier molecular flexibility index (Phi) is 5.41. The standard InChI is InChI=1S/C16H17F2N3O/c1-2-3-7-20-16(22)15-10-12(6-8-19-15)21-14-5-4-11(17)9-13(14)18/h4-6,8-10H,2-3,7H2,1H3,(H,19,21)(H,20,22).